The van der Waals surface area contributed by atoms with E-state index in [2.05, 4.69) is 15.6 Å². The zero-order valence-corrected chi connectivity index (χ0v) is 13.5. The van der Waals surface area contributed by atoms with Gasteiger partial charge in [-0.15, -0.1) is 0 Å². The number of benzene rings is 1. The Morgan fingerprint density at radius 2 is 1.96 bits per heavy atom. The summed E-state index contributed by atoms with van der Waals surface area (Å²) in [6.07, 6.45) is 3.32. The number of nitrogens with one attached hydrogen (secondary N) is 2. The molecular weight excluding hydrogens is 304 g/mol. The number of carbonyl (C=O) groups excluding carboxylic acids is 2. The first-order chi connectivity index (χ1) is 11.5. The maximum Gasteiger partial charge on any atom is 0.253 e. The highest BCUT2D eigenvalue weighted by Gasteiger charge is 2.15. The van der Waals surface area contributed by atoms with E-state index in [0.29, 0.717) is 28.8 Å². The van der Waals surface area contributed by atoms with Crippen LogP contribution in [0.25, 0.3) is 11.0 Å². The van der Waals surface area contributed by atoms with Gasteiger partial charge in [-0.25, -0.2) is 4.98 Å². The third kappa shape index (κ3) is 3.27. The van der Waals surface area contributed by atoms with Gasteiger partial charge in [0, 0.05) is 32.1 Å². The molecule has 0 unspecified atom stereocenters. The van der Waals surface area contributed by atoms with Crippen LogP contribution in [-0.2, 0) is 18.4 Å². The first-order valence-electron chi connectivity index (χ1n) is 7.59. The summed E-state index contributed by atoms with van der Waals surface area (Å²) in [6.45, 7) is 1.89. The van der Waals surface area contributed by atoms with Crippen molar-refractivity contribution in [1.29, 1.82) is 0 Å². The minimum Gasteiger partial charge on any atom is -0.348 e. The lowest BCUT2D eigenvalue weighted by molar-refractivity contribution is -0.114. The number of amides is 2. The average molecular weight is 322 g/mol. The van der Waals surface area contributed by atoms with Gasteiger partial charge in [0.1, 0.15) is 5.65 Å². The summed E-state index contributed by atoms with van der Waals surface area (Å²) in [5, 5.41) is 6.30. The Kier molecular flexibility index (Phi) is 4.29. The van der Waals surface area contributed by atoms with Gasteiger partial charge in [0.05, 0.1) is 17.4 Å². The van der Waals surface area contributed by atoms with Gasteiger partial charge in [-0.2, -0.15) is 0 Å². The molecule has 2 N–H and O–H groups in total. The fraction of sp³-hybridized carbons (Fsp3) is 0.167. The third-order valence-electron chi connectivity index (χ3n) is 3.67. The van der Waals surface area contributed by atoms with E-state index >= 15 is 0 Å². The Balaban J connectivity index is 1.87. The summed E-state index contributed by atoms with van der Waals surface area (Å²) in [5.74, 6) is -0.353. The van der Waals surface area contributed by atoms with Crippen LogP contribution in [-0.4, -0.2) is 21.4 Å². The molecule has 0 fully saturated rings. The molecule has 2 heterocycles. The average Bonchev–Trinajstić information content (AvgIpc) is 2.89. The smallest absolute Gasteiger partial charge is 0.253 e. The number of fused-ring (bicyclic) bond motifs is 1. The number of anilines is 1. The van der Waals surface area contributed by atoms with E-state index in [0.717, 1.165) is 5.56 Å². The van der Waals surface area contributed by atoms with Gasteiger partial charge in [-0.05, 0) is 11.6 Å². The molecule has 0 radical (unpaired) electrons. The van der Waals surface area contributed by atoms with Gasteiger partial charge in [0.25, 0.3) is 5.91 Å². The molecule has 0 spiro atoms. The minimum atomic E-state index is -0.179. The van der Waals surface area contributed by atoms with E-state index in [4.69, 9.17) is 0 Å². The van der Waals surface area contributed by atoms with Crippen molar-refractivity contribution < 1.29 is 9.59 Å². The molecule has 0 atom stereocenters. The van der Waals surface area contributed by atoms with E-state index in [-0.39, 0.29) is 11.8 Å². The Hall–Kier alpha value is -3.15. The Morgan fingerprint density at radius 1 is 1.21 bits per heavy atom. The van der Waals surface area contributed by atoms with E-state index < -0.39 is 0 Å². The lowest BCUT2D eigenvalue weighted by Crippen LogP contribution is -2.22. The fourth-order valence-electron chi connectivity index (χ4n) is 2.59. The molecule has 1 aromatic carbocycles. The number of hydrogen-bond donors (Lipinski definition) is 2. The molecule has 24 heavy (non-hydrogen) atoms. The normalized spacial score (nSPS) is 10.6. The third-order valence-corrected chi connectivity index (χ3v) is 3.67. The fourth-order valence-corrected chi connectivity index (χ4v) is 2.59. The van der Waals surface area contributed by atoms with Crippen molar-refractivity contribution >= 4 is 28.5 Å². The molecule has 3 rings (SSSR count). The highest BCUT2D eigenvalue weighted by Crippen LogP contribution is 2.22. The van der Waals surface area contributed by atoms with Crippen LogP contribution in [0.15, 0.2) is 48.8 Å². The maximum atomic E-state index is 12.5. The lowest BCUT2D eigenvalue weighted by Gasteiger charge is -2.05. The number of aryl methyl sites for hydroxylation is 1. The molecule has 0 aliphatic carbocycles. The summed E-state index contributed by atoms with van der Waals surface area (Å²) in [4.78, 5) is 28.1. The number of nitrogens with zero attached hydrogens (tertiary/aromatic N) is 2. The molecule has 0 saturated carbocycles. The standard InChI is InChI=1S/C18H18N4O2/c1-12(23)21-14-8-15-16(11-22(2)17(15)19-10-14)18(24)20-9-13-6-4-3-5-7-13/h3-8,10-11H,9H2,1-2H3,(H,20,24)(H,21,23). The molecule has 0 saturated heterocycles. The van der Waals surface area contributed by atoms with Gasteiger partial charge in [0.15, 0.2) is 0 Å². The molecule has 2 aromatic heterocycles. The van der Waals surface area contributed by atoms with Crippen LogP contribution < -0.4 is 10.6 Å². The second-order valence-electron chi connectivity index (χ2n) is 5.60. The Bertz CT molecular complexity index is 900. The highest BCUT2D eigenvalue weighted by molar-refractivity contribution is 6.07. The molecule has 0 aliphatic heterocycles. The first kappa shape index (κ1) is 15.7. The predicted molar refractivity (Wildman–Crippen MR) is 92.6 cm³/mol. The molecule has 6 nitrogen and oxygen atoms in total. The van der Waals surface area contributed by atoms with Crippen molar-refractivity contribution in [3.05, 3.63) is 59.9 Å². The molecular formula is C18H18N4O2. The predicted octanol–water partition coefficient (Wildman–Crippen LogP) is 2.46. The zero-order chi connectivity index (χ0) is 17.1. The van der Waals surface area contributed by atoms with Crippen molar-refractivity contribution in [3.8, 4) is 0 Å². The van der Waals surface area contributed by atoms with Crippen molar-refractivity contribution in [2.45, 2.75) is 13.5 Å². The van der Waals surface area contributed by atoms with E-state index in [1.54, 1.807) is 23.0 Å². The van der Waals surface area contributed by atoms with Gasteiger partial charge in [-0.3, -0.25) is 9.59 Å². The second-order valence-corrected chi connectivity index (χ2v) is 5.60. The van der Waals surface area contributed by atoms with Crippen LogP contribution in [0, 0.1) is 0 Å². The molecule has 2 amide bonds. The molecule has 6 heteroatoms. The first-order valence-corrected chi connectivity index (χ1v) is 7.59. The van der Waals surface area contributed by atoms with Crippen LogP contribution >= 0.6 is 0 Å². The largest absolute Gasteiger partial charge is 0.348 e. The highest BCUT2D eigenvalue weighted by atomic mass is 16.2. The van der Waals surface area contributed by atoms with Crippen molar-refractivity contribution in [1.82, 2.24) is 14.9 Å². The van der Waals surface area contributed by atoms with Crippen molar-refractivity contribution in [2.24, 2.45) is 7.05 Å². The quantitative estimate of drug-likeness (QED) is 0.775. The molecule has 0 aliphatic rings. The summed E-state index contributed by atoms with van der Waals surface area (Å²) < 4.78 is 1.80. The second kappa shape index (κ2) is 6.54. The number of rotatable bonds is 4. The molecule has 3 aromatic rings. The Morgan fingerprint density at radius 3 is 2.67 bits per heavy atom. The Labute approximate surface area is 139 Å². The number of hydrogen-bond acceptors (Lipinski definition) is 3. The number of carbonyl (C=O) groups is 2. The van der Waals surface area contributed by atoms with Gasteiger partial charge in [-0.1, -0.05) is 30.3 Å². The van der Waals surface area contributed by atoms with Crippen LogP contribution in [0.3, 0.4) is 0 Å². The van der Waals surface area contributed by atoms with Gasteiger partial charge >= 0.3 is 0 Å². The van der Waals surface area contributed by atoms with E-state index in [9.17, 15) is 9.59 Å². The topological polar surface area (TPSA) is 76.0 Å². The lowest BCUT2D eigenvalue weighted by atomic mass is 10.2. The van der Waals surface area contributed by atoms with Gasteiger partial charge < -0.3 is 15.2 Å². The number of pyridine rings is 1. The summed E-state index contributed by atoms with van der Waals surface area (Å²) in [5.41, 5.74) is 2.82. The minimum absolute atomic E-state index is 0.175. The van der Waals surface area contributed by atoms with E-state index in [1.807, 2.05) is 37.4 Å². The van der Waals surface area contributed by atoms with Crippen LogP contribution in [0.1, 0.15) is 22.8 Å². The number of aromatic nitrogens is 2. The van der Waals surface area contributed by atoms with Gasteiger partial charge in [0.2, 0.25) is 5.91 Å². The summed E-state index contributed by atoms with van der Waals surface area (Å²) in [6, 6.07) is 11.5. The molecule has 122 valence electrons. The summed E-state index contributed by atoms with van der Waals surface area (Å²) >= 11 is 0. The van der Waals surface area contributed by atoms with Crippen LogP contribution in [0.5, 0.6) is 0 Å². The van der Waals surface area contributed by atoms with E-state index in [1.165, 1.54) is 6.92 Å². The zero-order valence-electron chi connectivity index (χ0n) is 13.5. The van der Waals surface area contributed by atoms with Crippen molar-refractivity contribution in [3.63, 3.8) is 0 Å². The monoisotopic (exact) mass is 322 g/mol. The van der Waals surface area contributed by atoms with Crippen LogP contribution in [0.2, 0.25) is 0 Å². The van der Waals surface area contributed by atoms with Crippen LogP contribution in [0.4, 0.5) is 5.69 Å². The maximum absolute atomic E-state index is 12.5. The SMILES string of the molecule is CC(=O)Nc1cnc2c(c1)c(C(=O)NCc1ccccc1)cn2C. The van der Waals surface area contributed by atoms with Crippen molar-refractivity contribution in [2.75, 3.05) is 5.32 Å². The molecule has 0 bridgehead atoms. The summed E-state index contributed by atoms with van der Waals surface area (Å²) in [7, 11) is 1.83.